The quantitative estimate of drug-likeness (QED) is 0.384. The van der Waals surface area contributed by atoms with Gasteiger partial charge in [0.15, 0.2) is 0 Å². The van der Waals surface area contributed by atoms with Gasteiger partial charge in [-0.25, -0.2) is 4.79 Å². The van der Waals surface area contributed by atoms with Crippen LogP contribution in [0.3, 0.4) is 0 Å². The third-order valence-corrected chi connectivity index (χ3v) is 7.27. The van der Waals surface area contributed by atoms with E-state index in [1.165, 1.54) is 9.13 Å². The predicted molar refractivity (Wildman–Crippen MR) is 147 cm³/mol. The Bertz CT molecular complexity index is 1660. The molecular formula is C29H32N6O2. The number of hydrogen-bond donors (Lipinski definition) is 0. The predicted octanol–water partition coefficient (Wildman–Crippen LogP) is 4.32. The van der Waals surface area contributed by atoms with Gasteiger partial charge in [0.2, 0.25) is 0 Å². The van der Waals surface area contributed by atoms with Gasteiger partial charge in [0.05, 0.1) is 17.8 Å². The summed E-state index contributed by atoms with van der Waals surface area (Å²) in [6.07, 6.45) is 8.12. The largest absolute Gasteiger partial charge is 0.357 e. The van der Waals surface area contributed by atoms with E-state index in [1.807, 2.05) is 48.7 Å². The molecule has 3 aromatic heterocycles. The highest BCUT2D eigenvalue weighted by Crippen LogP contribution is 2.32. The van der Waals surface area contributed by atoms with Crippen LogP contribution in [0, 0.1) is 11.3 Å². The van der Waals surface area contributed by atoms with Crippen LogP contribution < -0.4 is 16.1 Å². The van der Waals surface area contributed by atoms with Crippen LogP contribution in [0.2, 0.25) is 0 Å². The van der Waals surface area contributed by atoms with E-state index in [1.54, 1.807) is 13.2 Å². The summed E-state index contributed by atoms with van der Waals surface area (Å²) in [6, 6.07) is 12.1. The van der Waals surface area contributed by atoms with Crippen molar-refractivity contribution in [3.8, 4) is 6.07 Å². The van der Waals surface area contributed by atoms with Crippen molar-refractivity contribution in [1.29, 1.82) is 5.26 Å². The number of nitrogens with zero attached hydrogens (tertiary/aromatic N) is 6. The van der Waals surface area contributed by atoms with Crippen molar-refractivity contribution in [1.82, 2.24) is 18.7 Å². The highest BCUT2D eigenvalue weighted by atomic mass is 16.2. The number of hydrogen-bond acceptors (Lipinski definition) is 5. The van der Waals surface area contributed by atoms with E-state index in [0.29, 0.717) is 28.8 Å². The minimum Gasteiger partial charge on any atom is -0.357 e. The van der Waals surface area contributed by atoms with E-state index in [9.17, 15) is 14.9 Å². The van der Waals surface area contributed by atoms with Gasteiger partial charge in [0.25, 0.3) is 5.56 Å². The number of rotatable bonds is 5. The van der Waals surface area contributed by atoms with Crippen molar-refractivity contribution in [3.63, 3.8) is 0 Å². The number of aromatic nitrogens is 4. The highest BCUT2D eigenvalue weighted by molar-refractivity contribution is 5.90. The van der Waals surface area contributed by atoms with Gasteiger partial charge >= 0.3 is 5.69 Å². The lowest BCUT2D eigenvalue weighted by Crippen LogP contribution is -2.40. The summed E-state index contributed by atoms with van der Waals surface area (Å²) in [5.74, 6) is 0.741. The van der Waals surface area contributed by atoms with Crippen LogP contribution in [-0.4, -0.2) is 31.8 Å². The van der Waals surface area contributed by atoms with Gasteiger partial charge in [0.1, 0.15) is 23.0 Å². The third kappa shape index (κ3) is 4.35. The molecule has 0 bridgehead atoms. The third-order valence-electron chi connectivity index (χ3n) is 7.27. The average molecular weight is 497 g/mol. The number of pyridine rings is 1. The molecule has 1 aromatic carbocycles. The lowest BCUT2D eigenvalue weighted by Gasteiger charge is -2.24. The highest BCUT2D eigenvalue weighted by Gasteiger charge is 2.28. The van der Waals surface area contributed by atoms with Crippen LogP contribution in [-0.2, 0) is 20.1 Å². The average Bonchev–Trinajstić information content (AvgIpc) is 3.02. The number of allylic oxidation sites excluding steroid dienone is 2. The molecule has 0 radical (unpaired) electrons. The Hall–Kier alpha value is -4.12. The lowest BCUT2D eigenvalue weighted by atomic mass is 10.1. The molecule has 0 atom stereocenters. The number of nitriles is 1. The topological polar surface area (TPSA) is 88.8 Å². The second-order valence-corrected chi connectivity index (χ2v) is 10.0. The number of benzene rings is 1. The molecule has 0 aliphatic carbocycles. The Kier molecular flexibility index (Phi) is 6.70. The molecule has 8 nitrogen and oxygen atoms in total. The first kappa shape index (κ1) is 24.6. The molecule has 0 saturated carbocycles. The van der Waals surface area contributed by atoms with Crippen LogP contribution in [0.15, 0.2) is 57.8 Å². The zero-order valence-electron chi connectivity index (χ0n) is 21.7. The van der Waals surface area contributed by atoms with Crippen molar-refractivity contribution in [3.05, 3.63) is 80.3 Å². The van der Waals surface area contributed by atoms with Crippen molar-refractivity contribution >= 4 is 27.6 Å². The van der Waals surface area contributed by atoms with E-state index in [4.69, 9.17) is 0 Å². The van der Waals surface area contributed by atoms with Gasteiger partial charge in [0, 0.05) is 38.3 Å². The van der Waals surface area contributed by atoms with Gasteiger partial charge in [-0.05, 0) is 38.1 Å². The Balaban J connectivity index is 1.80. The zero-order valence-corrected chi connectivity index (χ0v) is 21.7. The standard InChI is InChI=1S/C29H32N6O2/c1-20(2)13-17-34-26-25(23(18-30)27(34)33-15-8-4-5-9-16-33)32(3)29(37)35(28(26)36)19-24-22-11-7-6-10-21(22)12-14-31-24/h6-7,10-14H,4-5,8-9,15-17,19H2,1-3H3. The number of fused-ring (bicyclic) bond motifs is 2. The van der Waals surface area contributed by atoms with E-state index in [2.05, 4.69) is 22.0 Å². The zero-order chi connectivity index (χ0) is 26.1. The molecule has 1 aliphatic rings. The van der Waals surface area contributed by atoms with Crippen molar-refractivity contribution in [2.45, 2.75) is 52.6 Å². The molecule has 8 heteroatoms. The Labute approximate surface area is 215 Å². The molecule has 4 aromatic rings. The van der Waals surface area contributed by atoms with Gasteiger partial charge in [-0.3, -0.25) is 18.9 Å². The molecular weight excluding hydrogens is 464 g/mol. The number of aryl methyl sites for hydroxylation is 1. The maximum atomic E-state index is 14.1. The van der Waals surface area contributed by atoms with Gasteiger partial charge in [-0.2, -0.15) is 5.26 Å². The minimum absolute atomic E-state index is 0.0531. The van der Waals surface area contributed by atoms with E-state index in [-0.39, 0.29) is 6.54 Å². The fraction of sp³-hybridized carbons (Fsp3) is 0.379. The maximum Gasteiger partial charge on any atom is 0.331 e. The van der Waals surface area contributed by atoms with Crippen LogP contribution in [0.1, 0.15) is 50.8 Å². The van der Waals surface area contributed by atoms with Crippen LogP contribution >= 0.6 is 0 Å². The Morgan fingerprint density at radius 3 is 2.46 bits per heavy atom. The second-order valence-electron chi connectivity index (χ2n) is 10.0. The smallest absolute Gasteiger partial charge is 0.331 e. The van der Waals surface area contributed by atoms with Crippen molar-refractivity contribution in [2.24, 2.45) is 7.05 Å². The van der Waals surface area contributed by atoms with Gasteiger partial charge in [-0.1, -0.05) is 48.8 Å². The second kappa shape index (κ2) is 10.1. The first-order chi connectivity index (χ1) is 17.9. The Morgan fingerprint density at radius 1 is 1.03 bits per heavy atom. The normalized spacial score (nSPS) is 14.1. The molecule has 190 valence electrons. The summed E-state index contributed by atoms with van der Waals surface area (Å²) in [5.41, 5.74) is 2.11. The molecule has 0 unspecified atom stereocenters. The summed E-state index contributed by atoms with van der Waals surface area (Å²) in [5, 5.41) is 12.2. The lowest BCUT2D eigenvalue weighted by molar-refractivity contribution is 0.647. The van der Waals surface area contributed by atoms with E-state index in [0.717, 1.165) is 60.9 Å². The summed E-state index contributed by atoms with van der Waals surface area (Å²) < 4.78 is 4.66. The molecule has 5 rings (SSSR count). The van der Waals surface area contributed by atoms with Gasteiger partial charge < -0.3 is 9.47 Å². The van der Waals surface area contributed by atoms with E-state index >= 15 is 0 Å². The fourth-order valence-corrected chi connectivity index (χ4v) is 5.39. The van der Waals surface area contributed by atoms with Crippen LogP contribution in [0.5, 0.6) is 0 Å². The van der Waals surface area contributed by atoms with Crippen molar-refractivity contribution in [2.75, 3.05) is 18.0 Å². The molecule has 0 spiro atoms. The monoisotopic (exact) mass is 496 g/mol. The molecule has 1 saturated heterocycles. The molecule has 1 fully saturated rings. The summed E-state index contributed by atoms with van der Waals surface area (Å²) in [4.78, 5) is 34.4. The summed E-state index contributed by atoms with van der Waals surface area (Å²) in [6.45, 7) is 6.18. The summed E-state index contributed by atoms with van der Waals surface area (Å²) in [7, 11) is 1.65. The van der Waals surface area contributed by atoms with Crippen molar-refractivity contribution < 1.29 is 0 Å². The molecule has 0 amide bonds. The molecule has 4 heterocycles. The number of anilines is 1. The Morgan fingerprint density at radius 2 is 1.76 bits per heavy atom. The van der Waals surface area contributed by atoms with Gasteiger partial charge in [-0.15, -0.1) is 0 Å². The maximum absolute atomic E-state index is 14.1. The molecule has 1 aliphatic heterocycles. The van der Waals surface area contributed by atoms with Crippen LogP contribution in [0.25, 0.3) is 21.8 Å². The first-order valence-corrected chi connectivity index (χ1v) is 12.9. The first-order valence-electron chi connectivity index (χ1n) is 12.9. The molecule has 0 N–H and O–H groups in total. The fourth-order valence-electron chi connectivity index (χ4n) is 5.39. The SMILES string of the molecule is CC(C)=CCn1c(N2CCCCCC2)c(C#N)c2c1c(=O)n(Cc1nccc3ccccc13)c(=O)n2C. The van der Waals surface area contributed by atoms with Crippen LogP contribution in [0.4, 0.5) is 5.82 Å². The summed E-state index contributed by atoms with van der Waals surface area (Å²) >= 11 is 0. The minimum atomic E-state index is -0.453. The van der Waals surface area contributed by atoms with E-state index < -0.39 is 11.2 Å². The molecule has 37 heavy (non-hydrogen) atoms.